The van der Waals surface area contributed by atoms with Gasteiger partial charge >= 0.3 is 0 Å². The van der Waals surface area contributed by atoms with E-state index in [0.717, 1.165) is 5.69 Å². The van der Waals surface area contributed by atoms with Gasteiger partial charge in [0, 0.05) is 17.5 Å². The lowest BCUT2D eigenvalue weighted by atomic mass is 10.0. The Morgan fingerprint density at radius 2 is 1.53 bits per heavy atom. The van der Waals surface area contributed by atoms with E-state index in [1.165, 1.54) is 21.9 Å². The smallest absolute Gasteiger partial charge is 0.0429 e. The van der Waals surface area contributed by atoms with Crippen molar-refractivity contribution in [2.75, 3.05) is 0 Å². The van der Waals surface area contributed by atoms with Crippen LogP contribution in [-0.4, -0.2) is 4.98 Å². The molecule has 0 aliphatic carbocycles. The molecule has 0 amide bonds. The molecule has 3 rings (SSSR count). The molecule has 0 radical (unpaired) electrons. The van der Waals surface area contributed by atoms with Gasteiger partial charge in [0.25, 0.3) is 0 Å². The molecule has 0 saturated heterocycles. The first-order chi connectivity index (χ1) is 9.24. The maximum Gasteiger partial charge on any atom is 0.0429 e. The largest absolute Gasteiger partial charge is 0.260 e. The predicted molar refractivity (Wildman–Crippen MR) is 81.3 cm³/mol. The van der Waals surface area contributed by atoms with Crippen LogP contribution >= 0.6 is 0 Å². The van der Waals surface area contributed by atoms with E-state index in [0.29, 0.717) is 5.92 Å². The number of pyridine rings is 1. The summed E-state index contributed by atoms with van der Waals surface area (Å²) >= 11 is 0. The van der Waals surface area contributed by atoms with Crippen LogP contribution in [0.5, 0.6) is 0 Å². The number of rotatable bonds is 2. The van der Waals surface area contributed by atoms with Crippen LogP contribution < -0.4 is 0 Å². The van der Waals surface area contributed by atoms with Crippen LogP contribution in [-0.2, 0) is 0 Å². The Hall–Kier alpha value is -2.15. The second-order valence-corrected chi connectivity index (χ2v) is 5.19. The molecular weight excluding hydrogens is 230 g/mol. The average molecular weight is 247 g/mol. The van der Waals surface area contributed by atoms with Crippen LogP contribution in [0.1, 0.15) is 25.5 Å². The van der Waals surface area contributed by atoms with E-state index in [2.05, 4.69) is 73.4 Å². The lowest BCUT2D eigenvalue weighted by Gasteiger charge is -2.07. The fourth-order valence-corrected chi connectivity index (χ4v) is 2.29. The Morgan fingerprint density at radius 1 is 0.789 bits per heavy atom. The minimum Gasteiger partial charge on any atom is -0.260 e. The van der Waals surface area contributed by atoms with Gasteiger partial charge < -0.3 is 0 Å². The van der Waals surface area contributed by atoms with Crippen molar-refractivity contribution >= 4 is 10.8 Å². The molecule has 0 spiro atoms. The fourth-order valence-electron chi connectivity index (χ4n) is 2.29. The molecule has 3 aromatic rings. The third kappa shape index (κ3) is 2.37. The predicted octanol–water partition coefficient (Wildman–Crippen LogP) is 5.03. The van der Waals surface area contributed by atoms with Crippen LogP contribution in [0.15, 0.2) is 60.8 Å². The summed E-state index contributed by atoms with van der Waals surface area (Å²) in [6.07, 6.45) is 1.97. The molecule has 0 aliphatic rings. The number of hydrogen-bond acceptors (Lipinski definition) is 1. The number of fused-ring (bicyclic) bond motifs is 1. The molecule has 2 aromatic carbocycles. The molecule has 1 nitrogen and oxygen atoms in total. The van der Waals surface area contributed by atoms with E-state index in [1.807, 2.05) is 6.20 Å². The summed E-state index contributed by atoms with van der Waals surface area (Å²) in [6.45, 7) is 4.33. The summed E-state index contributed by atoms with van der Waals surface area (Å²) in [5.74, 6) is 0.477. The highest BCUT2D eigenvalue weighted by molar-refractivity contribution is 5.87. The van der Waals surface area contributed by atoms with Crippen LogP contribution in [0.3, 0.4) is 0 Å². The standard InChI is InChI=1S/C18H17N/c1-13(2)18-10-9-17(12-19-18)16-8-7-14-5-3-4-6-15(14)11-16/h3-13H,1-2H3. The second kappa shape index (κ2) is 4.85. The SMILES string of the molecule is CC(C)c1ccc(-c2ccc3ccccc3c2)cn1. The monoisotopic (exact) mass is 247 g/mol. The third-order valence-corrected chi connectivity index (χ3v) is 3.46. The second-order valence-electron chi connectivity index (χ2n) is 5.19. The van der Waals surface area contributed by atoms with E-state index in [4.69, 9.17) is 0 Å². The Balaban J connectivity index is 2.03. The molecule has 94 valence electrons. The molecule has 0 atom stereocenters. The van der Waals surface area contributed by atoms with Gasteiger partial charge in [-0.2, -0.15) is 0 Å². The van der Waals surface area contributed by atoms with Crippen LogP contribution in [0.2, 0.25) is 0 Å². The highest BCUT2D eigenvalue weighted by Crippen LogP contribution is 2.24. The van der Waals surface area contributed by atoms with Crippen molar-refractivity contribution in [2.24, 2.45) is 0 Å². The molecule has 19 heavy (non-hydrogen) atoms. The molecule has 0 saturated carbocycles. The lowest BCUT2D eigenvalue weighted by molar-refractivity contribution is 0.823. The first-order valence-corrected chi connectivity index (χ1v) is 6.69. The molecule has 0 bridgehead atoms. The maximum atomic E-state index is 4.53. The van der Waals surface area contributed by atoms with Gasteiger partial charge in [0.15, 0.2) is 0 Å². The zero-order chi connectivity index (χ0) is 13.2. The normalized spacial score (nSPS) is 11.1. The van der Waals surface area contributed by atoms with Gasteiger partial charge in [-0.15, -0.1) is 0 Å². The minimum absolute atomic E-state index is 0.477. The Labute approximate surface area is 113 Å². The number of nitrogens with zero attached hydrogens (tertiary/aromatic N) is 1. The number of hydrogen-bond donors (Lipinski definition) is 0. The van der Waals surface area contributed by atoms with E-state index in [9.17, 15) is 0 Å². The molecule has 1 heterocycles. The van der Waals surface area contributed by atoms with Gasteiger partial charge in [-0.3, -0.25) is 4.98 Å². The quantitative estimate of drug-likeness (QED) is 0.619. The zero-order valence-electron chi connectivity index (χ0n) is 11.3. The van der Waals surface area contributed by atoms with Crippen molar-refractivity contribution < 1.29 is 0 Å². The van der Waals surface area contributed by atoms with Gasteiger partial charge in [0.05, 0.1) is 0 Å². The van der Waals surface area contributed by atoms with Crippen LogP contribution in [0, 0.1) is 0 Å². The van der Waals surface area contributed by atoms with Crippen molar-refractivity contribution in [3.63, 3.8) is 0 Å². The highest BCUT2D eigenvalue weighted by Gasteiger charge is 2.03. The molecule has 0 fully saturated rings. The molecule has 0 unspecified atom stereocenters. The highest BCUT2D eigenvalue weighted by atomic mass is 14.7. The van der Waals surface area contributed by atoms with Crippen molar-refractivity contribution in [1.82, 2.24) is 4.98 Å². The first kappa shape index (κ1) is 11.9. The lowest BCUT2D eigenvalue weighted by Crippen LogP contribution is -1.91. The Bertz CT molecular complexity index is 696. The van der Waals surface area contributed by atoms with Crippen molar-refractivity contribution in [3.8, 4) is 11.1 Å². The number of aromatic nitrogens is 1. The van der Waals surface area contributed by atoms with Gasteiger partial charge in [-0.25, -0.2) is 0 Å². The van der Waals surface area contributed by atoms with Crippen LogP contribution in [0.25, 0.3) is 21.9 Å². The van der Waals surface area contributed by atoms with Crippen molar-refractivity contribution in [1.29, 1.82) is 0 Å². The summed E-state index contributed by atoms with van der Waals surface area (Å²) in [5.41, 5.74) is 3.54. The minimum atomic E-state index is 0.477. The van der Waals surface area contributed by atoms with Crippen LogP contribution in [0.4, 0.5) is 0 Å². The summed E-state index contributed by atoms with van der Waals surface area (Å²) in [5, 5.41) is 2.55. The molecule has 1 aromatic heterocycles. The fraction of sp³-hybridized carbons (Fsp3) is 0.167. The third-order valence-electron chi connectivity index (χ3n) is 3.46. The topological polar surface area (TPSA) is 12.9 Å². The molecule has 0 N–H and O–H groups in total. The summed E-state index contributed by atoms with van der Waals surface area (Å²) in [4.78, 5) is 4.53. The van der Waals surface area contributed by atoms with Crippen molar-refractivity contribution in [3.05, 3.63) is 66.5 Å². The molecular formula is C18H17N. The van der Waals surface area contributed by atoms with E-state index in [-0.39, 0.29) is 0 Å². The molecule has 0 aliphatic heterocycles. The number of benzene rings is 2. The Morgan fingerprint density at radius 3 is 2.21 bits per heavy atom. The van der Waals surface area contributed by atoms with Gasteiger partial charge in [-0.05, 0) is 34.4 Å². The van der Waals surface area contributed by atoms with Gasteiger partial charge in [0.1, 0.15) is 0 Å². The van der Waals surface area contributed by atoms with E-state index >= 15 is 0 Å². The maximum absolute atomic E-state index is 4.53. The zero-order valence-corrected chi connectivity index (χ0v) is 11.3. The first-order valence-electron chi connectivity index (χ1n) is 6.69. The van der Waals surface area contributed by atoms with Gasteiger partial charge in [0.2, 0.25) is 0 Å². The van der Waals surface area contributed by atoms with Gasteiger partial charge in [-0.1, -0.05) is 56.3 Å². The summed E-state index contributed by atoms with van der Waals surface area (Å²) < 4.78 is 0. The van der Waals surface area contributed by atoms with E-state index in [1.54, 1.807) is 0 Å². The summed E-state index contributed by atoms with van der Waals surface area (Å²) in [7, 11) is 0. The Kier molecular flexibility index (Phi) is 3.04. The van der Waals surface area contributed by atoms with E-state index < -0.39 is 0 Å². The van der Waals surface area contributed by atoms with Crippen molar-refractivity contribution in [2.45, 2.75) is 19.8 Å². The molecule has 1 heteroatoms. The average Bonchev–Trinajstić information content (AvgIpc) is 2.47. The summed E-state index contributed by atoms with van der Waals surface area (Å²) in [6, 6.07) is 19.3.